The lowest BCUT2D eigenvalue weighted by Crippen LogP contribution is -2.60. The van der Waals surface area contributed by atoms with Crippen LogP contribution in [0.5, 0.6) is 0 Å². The van der Waals surface area contributed by atoms with Crippen molar-refractivity contribution < 1.29 is 9.59 Å². The summed E-state index contributed by atoms with van der Waals surface area (Å²) in [6, 6.07) is -0.0506. The molecule has 0 radical (unpaired) electrons. The molecule has 1 saturated heterocycles. The Morgan fingerprint density at radius 2 is 1.83 bits per heavy atom. The van der Waals surface area contributed by atoms with Crippen molar-refractivity contribution in [1.29, 1.82) is 0 Å². The van der Waals surface area contributed by atoms with E-state index in [2.05, 4.69) is 6.92 Å². The van der Waals surface area contributed by atoms with E-state index in [0.717, 1.165) is 19.3 Å². The van der Waals surface area contributed by atoms with Crippen molar-refractivity contribution in [2.24, 2.45) is 5.73 Å². The molecule has 0 saturated carbocycles. The summed E-state index contributed by atoms with van der Waals surface area (Å²) < 4.78 is 0. The predicted octanol–water partition coefficient (Wildman–Crippen LogP) is 0.583. The Morgan fingerprint density at radius 1 is 1.17 bits per heavy atom. The van der Waals surface area contributed by atoms with Gasteiger partial charge in [0.25, 0.3) is 0 Å². The molecular formula is C13H25N3O2. The first-order valence-electron chi connectivity index (χ1n) is 6.92. The first-order chi connectivity index (χ1) is 8.56. The second kappa shape index (κ2) is 6.73. The molecule has 2 atom stereocenters. The van der Waals surface area contributed by atoms with E-state index in [1.165, 1.54) is 0 Å². The Morgan fingerprint density at radius 3 is 2.33 bits per heavy atom. The molecule has 5 heteroatoms. The molecule has 0 spiro atoms. The predicted molar refractivity (Wildman–Crippen MR) is 70.9 cm³/mol. The van der Waals surface area contributed by atoms with Crippen LogP contribution < -0.4 is 5.73 Å². The zero-order chi connectivity index (χ0) is 13.7. The third-order valence-electron chi connectivity index (χ3n) is 3.66. The van der Waals surface area contributed by atoms with Crippen LogP contribution in [0.3, 0.4) is 0 Å². The normalized spacial score (nSPS) is 20.2. The molecule has 2 unspecified atom stereocenters. The summed E-state index contributed by atoms with van der Waals surface area (Å²) in [4.78, 5) is 27.2. The average molecular weight is 255 g/mol. The van der Waals surface area contributed by atoms with Gasteiger partial charge in [0.15, 0.2) is 0 Å². The minimum Gasteiger partial charge on any atom is -0.333 e. The van der Waals surface area contributed by atoms with Crippen LogP contribution in [-0.2, 0) is 9.59 Å². The van der Waals surface area contributed by atoms with E-state index in [4.69, 9.17) is 5.73 Å². The fourth-order valence-electron chi connectivity index (χ4n) is 2.59. The van der Waals surface area contributed by atoms with E-state index < -0.39 is 0 Å². The highest BCUT2D eigenvalue weighted by Crippen LogP contribution is 2.16. The number of amides is 2. The van der Waals surface area contributed by atoms with Gasteiger partial charge in [0.2, 0.25) is 0 Å². The van der Waals surface area contributed by atoms with E-state index in [9.17, 15) is 9.59 Å². The van der Waals surface area contributed by atoms with Crippen molar-refractivity contribution in [2.45, 2.75) is 52.1 Å². The van der Waals surface area contributed by atoms with Gasteiger partial charge in [0.05, 0.1) is 0 Å². The molecule has 1 aliphatic rings. The summed E-state index contributed by atoms with van der Waals surface area (Å²) in [5.41, 5.74) is 6.13. The van der Waals surface area contributed by atoms with E-state index in [1.807, 2.05) is 13.8 Å². The molecule has 104 valence electrons. The SMILES string of the molecule is CCCC(N)C(CC)N1CCN(CC)C(=O)C1=O. The number of hydrogen-bond donors (Lipinski definition) is 1. The fourth-order valence-corrected chi connectivity index (χ4v) is 2.59. The Hall–Kier alpha value is -1.10. The van der Waals surface area contributed by atoms with Crippen molar-refractivity contribution in [1.82, 2.24) is 9.80 Å². The van der Waals surface area contributed by atoms with Crippen LogP contribution >= 0.6 is 0 Å². The highest BCUT2D eigenvalue weighted by atomic mass is 16.2. The van der Waals surface area contributed by atoms with Crippen LogP contribution in [0.1, 0.15) is 40.0 Å². The summed E-state index contributed by atoms with van der Waals surface area (Å²) in [7, 11) is 0. The average Bonchev–Trinajstić information content (AvgIpc) is 2.36. The number of rotatable bonds is 6. The third-order valence-corrected chi connectivity index (χ3v) is 3.66. The molecular weight excluding hydrogens is 230 g/mol. The second-order valence-corrected chi connectivity index (χ2v) is 4.81. The maximum absolute atomic E-state index is 12.1. The molecule has 18 heavy (non-hydrogen) atoms. The van der Waals surface area contributed by atoms with Gasteiger partial charge < -0.3 is 15.5 Å². The monoisotopic (exact) mass is 255 g/mol. The van der Waals surface area contributed by atoms with E-state index in [-0.39, 0.29) is 23.9 Å². The Balaban J connectivity index is 2.76. The first-order valence-corrected chi connectivity index (χ1v) is 6.92. The molecule has 1 aliphatic heterocycles. The molecule has 5 nitrogen and oxygen atoms in total. The van der Waals surface area contributed by atoms with Crippen LogP contribution in [0.15, 0.2) is 0 Å². The lowest BCUT2D eigenvalue weighted by molar-refractivity contribution is -0.158. The van der Waals surface area contributed by atoms with Crippen LogP contribution in [0, 0.1) is 0 Å². The number of nitrogens with two attached hydrogens (primary N) is 1. The number of nitrogens with zero attached hydrogens (tertiary/aromatic N) is 2. The van der Waals surface area contributed by atoms with Crippen molar-refractivity contribution in [3.63, 3.8) is 0 Å². The molecule has 0 aromatic rings. The number of likely N-dealkylation sites (N-methyl/N-ethyl adjacent to an activating group) is 1. The molecule has 1 heterocycles. The summed E-state index contributed by atoms with van der Waals surface area (Å²) in [5.74, 6) is -0.771. The van der Waals surface area contributed by atoms with Gasteiger partial charge in [-0.2, -0.15) is 0 Å². The highest BCUT2D eigenvalue weighted by molar-refractivity contribution is 6.35. The van der Waals surface area contributed by atoms with Gasteiger partial charge >= 0.3 is 11.8 Å². The van der Waals surface area contributed by atoms with Gasteiger partial charge in [-0.25, -0.2) is 0 Å². The van der Waals surface area contributed by atoms with E-state index in [1.54, 1.807) is 9.80 Å². The van der Waals surface area contributed by atoms with Gasteiger partial charge in [0.1, 0.15) is 0 Å². The standard InChI is InChI=1S/C13H25N3O2/c1-4-7-10(14)11(5-2)16-9-8-15(6-3)12(17)13(16)18/h10-11H,4-9,14H2,1-3H3. The minimum atomic E-state index is -0.387. The highest BCUT2D eigenvalue weighted by Gasteiger charge is 2.36. The van der Waals surface area contributed by atoms with Crippen molar-refractivity contribution in [3.8, 4) is 0 Å². The van der Waals surface area contributed by atoms with Gasteiger partial charge in [0, 0.05) is 31.7 Å². The third kappa shape index (κ3) is 3.02. The van der Waals surface area contributed by atoms with Crippen LogP contribution in [0.4, 0.5) is 0 Å². The van der Waals surface area contributed by atoms with E-state index in [0.29, 0.717) is 19.6 Å². The first kappa shape index (κ1) is 15.0. The zero-order valence-electron chi connectivity index (χ0n) is 11.7. The van der Waals surface area contributed by atoms with Crippen LogP contribution in [0.25, 0.3) is 0 Å². The quantitative estimate of drug-likeness (QED) is 0.706. The molecule has 2 amide bonds. The van der Waals surface area contributed by atoms with Crippen LogP contribution in [0.2, 0.25) is 0 Å². The number of carbonyl (C=O) groups is 2. The largest absolute Gasteiger partial charge is 0.333 e. The van der Waals surface area contributed by atoms with Crippen molar-refractivity contribution in [2.75, 3.05) is 19.6 Å². The summed E-state index contributed by atoms with van der Waals surface area (Å²) in [6.45, 7) is 7.81. The maximum atomic E-state index is 12.1. The van der Waals surface area contributed by atoms with E-state index >= 15 is 0 Å². The number of piperazine rings is 1. The Kier molecular flexibility index (Phi) is 5.59. The van der Waals surface area contributed by atoms with Crippen molar-refractivity contribution in [3.05, 3.63) is 0 Å². The van der Waals surface area contributed by atoms with Gasteiger partial charge in [-0.3, -0.25) is 9.59 Å². The zero-order valence-corrected chi connectivity index (χ0v) is 11.7. The van der Waals surface area contributed by atoms with Gasteiger partial charge in [-0.1, -0.05) is 20.3 Å². The van der Waals surface area contributed by atoms with Gasteiger partial charge in [-0.05, 0) is 19.8 Å². The minimum absolute atomic E-state index is 0.0135. The van der Waals surface area contributed by atoms with Crippen molar-refractivity contribution >= 4 is 11.8 Å². The fraction of sp³-hybridized carbons (Fsp3) is 0.846. The molecule has 0 aliphatic carbocycles. The lowest BCUT2D eigenvalue weighted by Gasteiger charge is -2.40. The summed E-state index contributed by atoms with van der Waals surface area (Å²) in [5, 5.41) is 0. The van der Waals surface area contributed by atoms with Gasteiger partial charge in [-0.15, -0.1) is 0 Å². The summed E-state index contributed by atoms with van der Waals surface area (Å²) >= 11 is 0. The lowest BCUT2D eigenvalue weighted by atomic mass is 9.99. The number of hydrogen-bond acceptors (Lipinski definition) is 3. The smallest absolute Gasteiger partial charge is 0.312 e. The molecule has 2 N–H and O–H groups in total. The molecule has 0 bridgehead atoms. The Labute approximate surface area is 109 Å². The summed E-state index contributed by atoms with van der Waals surface area (Å²) in [6.07, 6.45) is 2.68. The second-order valence-electron chi connectivity index (χ2n) is 4.81. The molecule has 1 rings (SSSR count). The molecule has 1 fully saturated rings. The van der Waals surface area contributed by atoms with Crippen LogP contribution in [-0.4, -0.2) is 53.3 Å². The topological polar surface area (TPSA) is 66.6 Å². The number of carbonyl (C=O) groups excluding carboxylic acids is 2. The maximum Gasteiger partial charge on any atom is 0.312 e. The molecule has 0 aromatic carbocycles. The Bertz CT molecular complexity index is 307. The molecule has 0 aromatic heterocycles.